The van der Waals surface area contributed by atoms with E-state index in [4.69, 9.17) is 4.74 Å². The van der Waals surface area contributed by atoms with Crippen LogP contribution < -0.4 is 10.7 Å². The van der Waals surface area contributed by atoms with E-state index in [1.807, 2.05) is 0 Å². The summed E-state index contributed by atoms with van der Waals surface area (Å²) < 4.78 is 46.0. The second-order valence-corrected chi connectivity index (χ2v) is 8.06. The molecule has 0 amide bonds. The summed E-state index contributed by atoms with van der Waals surface area (Å²) in [5, 5.41) is 8.94. The van der Waals surface area contributed by atoms with Crippen LogP contribution in [0.1, 0.15) is 27.7 Å². The summed E-state index contributed by atoms with van der Waals surface area (Å²) >= 11 is 1.44. The maximum absolute atomic E-state index is 13.7. The monoisotopic (exact) mass is 433 g/mol. The van der Waals surface area contributed by atoms with Crippen molar-refractivity contribution in [3.05, 3.63) is 35.9 Å². The molecule has 0 fully saturated rings. The first-order chi connectivity index (χ1) is 13.6. The second kappa shape index (κ2) is 11.3. The van der Waals surface area contributed by atoms with Crippen LogP contribution in [-0.2, 0) is 9.53 Å². The molecule has 0 spiro atoms. The van der Waals surface area contributed by atoms with Crippen molar-refractivity contribution in [1.29, 1.82) is 0 Å². The van der Waals surface area contributed by atoms with Gasteiger partial charge in [-0.05, 0) is 33.1 Å². The molecule has 1 aliphatic rings. The molecule has 0 radical (unpaired) electrons. The molecule has 0 aliphatic carbocycles. The number of halogens is 3. The average molecular weight is 434 g/mol. The third kappa shape index (κ3) is 6.83. The topological polar surface area (TPSA) is 62.7 Å². The summed E-state index contributed by atoms with van der Waals surface area (Å²) in [7, 11) is 0. The second-order valence-electron chi connectivity index (χ2n) is 6.89. The molecule has 2 N–H and O–H groups in total. The number of hydrogen-bond acceptors (Lipinski definition) is 6. The van der Waals surface area contributed by atoms with Crippen LogP contribution in [0, 0.1) is 17.3 Å². The molecule has 1 rings (SSSR count). The van der Waals surface area contributed by atoms with E-state index in [9.17, 15) is 18.0 Å². The van der Waals surface area contributed by atoms with Crippen LogP contribution in [-0.4, -0.2) is 43.3 Å². The lowest BCUT2D eigenvalue weighted by Crippen LogP contribution is -2.45. The lowest BCUT2D eigenvalue weighted by Gasteiger charge is -2.38. The molecule has 4 atom stereocenters. The summed E-state index contributed by atoms with van der Waals surface area (Å²) in [6.07, 6.45) is 1.00. The molecule has 0 aromatic heterocycles. The highest BCUT2D eigenvalue weighted by molar-refractivity contribution is 8.02. The molecular formula is C20H30F3N3O2S. The third-order valence-electron chi connectivity index (χ3n) is 4.63. The van der Waals surface area contributed by atoms with Crippen LogP contribution in [0.2, 0.25) is 0 Å². The van der Waals surface area contributed by atoms with Crippen molar-refractivity contribution >= 4 is 23.9 Å². The lowest BCUT2D eigenvalue weighted by atomic mass is 9.74. The smallest absolute Gasteiger partial charge is 0.398 e. The molecule has 0 bridgehead atoms. The first-order valence-corrected chi connectivity index (χ1v) is 10.4. The van der Waals surface area contributed by atoms with E-state index in [2.05, 4.69) is 22.4 Å². The van der Waals surface area contributed by atoms with E-state index in [0.717, 1.165) is 0 Å². The van der Waals surface area contributed by atoms with Crippen molar-refractivity contribution in [2.75, 3.05) is 19.7 Å². The summed E-state index contributed by atoms with van der Waals surface area (Å²) in [6, 6.07) is 0. The first-order valence-electron chi connectivity index (χ1n) is 9.45. The van der Waals surface area contributed by atoms with E-state index in [1.54, 1.807) is 26.2 Å². The van der Waals surface area contributed by atoms with Crippen molar-refractivity contribution in [2.24, 2.45) is 22.4 Å². The molecule has 29 heavy (non-hydrogen) atoms. The van der Waals surface area contributed by atoms with E-state index >= 15 is 0 Å². The van der Waals surface area contributed by atoms with Crippen LogP contribution in [0.4, 0.5) is 13.2 Å². The van der Waals surface area contributed by atoms with Gasteiger partial charge in [0, 0.05) is 36.2 Å². The molecule has 1 aliphatic heterocycles. The molecular weight excluding hydrogens is 403 g/mol. The Balaban J connectivity index is 2.69. The molecule has 1 unspecified atom stereocenters. The number of hydrogen-bond donors (Lipinski definition) is 2. The number of nitrogens with zero attached hydrogens (tertiary/aromatic N) is 1. The number of allylic oxidation sites excluding steroid dienone is 3. The Hall–Kier alpha value is -1.90. The van der Waals surface area contributed by atoms with Crippen molar-refractivity contribution in [3.63, 3.8) is 0 Å². The zero-order chi connectivity index (χ0) is 22.1. The van der Waals surface area contributed by atoms with E-state index < -0.39 is 23.4 Å². The van der Waals surface area contributed by atoms with Crippen molar-refractivity contribution < 1.29 is 22.7 Å². The van der Waals surface area contributed by atoms with Gasteiger partial charge in [-0.2, -0.15) is 18.3 Å². The average Bonchev–Trinajstić information content (AvgIpc) is 2.66. The largest absolute Gasteiger partial charge is 0.466 e. The zero-order valence-electron chi connectivity index (χ0n) is 17.3. The van der Waals surface area contributed by atoms with Gasteiger partial charge >= 0.3 is 12.1 Å². The molecule has 5 nitrogen and oxygen atoms in total. The summed E-state index contributed by atoms with van der Waals surface area (Å²) in [5.41, 5.74) is 1.33. The highest BCUT2D eigenvalue weighted by Crippen LogP contribution is 2.48. The number of ether oxygens (including phenoxy) is 1. The van der Waals surface area contributed by atoms with Crippen LogP contribution in [0.15, 0.2) is 41.0 Å². The van der Waals surface area contributed by atoms with Crippen molar-refractivity contribution in [1.82, 2.24) is 10.7 Å². The van der Waals surface area contributed by atoms with Crippen LogP contribution in [0.25, 0.3) is 0 Å². The number of carbonyl (C=O) groups is 1. The number of thioether (sulfide) groups is 1. The zero-order valence-corrected chi connectivity index (χ0v) is 18.1. The minimum Gasteiger partial charge on any atom is -0.466 e. The quantitative estimate of drug-likeness (QED) is 0.233. The predicted molar refractivity (Wildman–Crippen MR) is 112 cm³/mol. The highest BCUT2D eigenvalue weighted by atomic mass is 32.2. The summed E-state index contributed by atoms with van der Waals surface area (Å²) in [6.45, 7) is 11.1. The van der Waals surface area contributed by atoms with Gasteiger partial charge in [0.05, 0.1) is 17.9 Å². The summed E-state index contributed by atoms with van der Waals surface area (Å²) in [5.74, 6) is -1.71. The van der Waals surface area contributed by atoms with Crippen LogP contribution >= 0.6 is 11.8 Å². The Kier molecular flexibility index (Phi) is 9.82. The molecule has 1 heterocycles. The van der Waals surface area contributed by atoms with Crippen molar-refractivity contribution in [2.45, 2.75) is 39.1 Å². The minimum absolute atomic E-state index is 0.0816. The number of rotatable bonds is 10. The van der Waals surface area contributed by atoms with Gasteiger partial charge in [-0.25, -0.2) is 0 Å². The van der Waals surface area contributed by atoms with Gasteiger partial charge in [0.25, 0.3) is 0 Å². The fourth-order valence-corrected chi connectivity index (χ4v) is 3.78. The van der Waals surface area contributed by atoms with E-state index in [1.165, 1.54) is 43.1 Å². The number of carbonyl (C=O) groups excluding carboxylic acids is 1. The van der Waals surface area contributed by atoms with Crippen LogP contribution in [0.3, 0.4) is 0 Å². The fraction of sp³-hybridized carbons (Fsp3) is 0.600. The Morgan fingerprint density at radius 3 is 2.72 bits per heavy atom. The van der Waals surface area contributed by atoms with E-state index in [0.29, 0.717) is 25.4 Å². The SMILES string of the molecule is C=CC(C1=CS[C@H](CN/N=C\[C@H](C)C(=O)OCC)CN1)[C@@](C)(/C=C\C)C(F)(F)F. The number of alkyl halides is 3. The first kappa shape index (κ1) is 25.1. The number of esters is 1. The predicted octanol–water partition coefficient (Wildman–Crippen LogP) is 4.25. The van der Waals surface area contributed by atoms with Gasteiger partial charge in [0.1, 0.15) is 0 Å². The Morgan fingerprint density at radius 2 is 2.24 bits per heavy atom. The maximum Gasteiger partial charge on any atom is 0.398 e. The van der Waals surface area contributed by atoms with Crippen LogP contribution in [0.5, 0.6) is 0 Å². The molecule has 0 saturated heterocycles. The van der Waals surface area contributed by atoms with Gasteiger partial charge in [-0.15, -0.1) is 18.3 Å². The minimum atomic E-state index is -4.41. The summed E-state index contributed by atoms with van der Waals surface area (Å²) in [4.78, 5) is 11.5. The Morgan fingerprint density at radius 1 is 1.55 bits per heavy atom. The maximum atomic E-state index is 13.7. The molecule has 9 heteroatoms. The molecule has 0 aromatic carbocycles. The third-order valence-corrected chi connectivity index (χ3v) is 5.74. The van der Waals surface area contributed by atoms with Gasteiger partial charge in [0.2, 0.25) is 0 Å². The Labute approximate surface area is 174 Å². The fourth-order valence-electron chi connectivity index (χ4n) is 2.86. The molecule has 0 saturated carbocycles. The molecule has 164 valence electrons. The molecule has 0 aromatic rings. The number of hydrazone groups is 1. The highest BCUT2D eigenvalue weighted by Gasteiger charge is 2.54. The van der Waals surface area contributed by atoms with Gasteiger partial charge in [0.15, 0.2) is 0 Å². The lowest BCUT2D eigenvalue weighted by molar-refractivity contribution is -0.208. The normalized spacial score (nSPS) is 21.8. The Bertz CT molecular complexity index is 649. The van der Waals surface area contributed by atoms with Gasteiger partial charge in [-0.3, -0.25) is 4.79 Å². The number of nitrogens with one attached hydrogen (secondary N) is 2. The van der Waals surface area contributed by atoms with Gasteiger partial charge in [-0.1, -0.05) is 18.2 Å². The van der Waals surface area contributed by atoms with Crippen molar-refractivity contribution in [3.8, 4) is 0 Å². The standard InChI is InChI=1S/C20H30F3N3O2S/c1-6-9-19(5,20(21,22)23)16(7-2)17-13-29-15(11-24-17)12-26-25-10-14(4)18(27)28-8-3/h6-7,9-10,13-16,24,26H,2,8,11-12H2,1,3-5H3/b9-6-,25-10-/t14-,15-,16?,19+/m0/s1. The van der Waals surface area contributed by atoms with Gasteiger partial charge < -0.3 is 15.5 Å². The van der Waals surface area contributed by atoms with E-state index in [-0.39, 0.29) is 11.2 Å².